The van der Waals surface area contributed by atoms with Crippen LogP contribution in [0.5, 0.6) is 0 Å². The molecule has 108 valence electrons. The van der Waals surface area contributed by atoms with E-state index in [0.29, 0.717) is 6.61 Å². The van der Waals surface area contributed by atoms with Crippen LogP contribution < -0.4 is 10.5 Å². The molecule has 1 aromatic carbocycles. The molecular formula is C12H19FN2O3S. The first-order valence-corrected chi connectivity index (χ1v) is 7.58. The highest BCUT2D eigenvalue weighted by molar-refractivity contribution is 7.89. The fraction of sp³-hybridized carbons (Fsp3) is 0.500. The average Bonchev–Trinajstić information content (AvgIpc) is 2.36. The van der Waals surface area contributed by atoms with Gasteiger partial charge in [-0.25, -0.2) is 17.5 Å². The summed E-state index contributed by atoms with van der Waals surface area (Å²) >= 11 is 0. The van der Waals surface area contributed by atoms with E-state index >= 15 is 0 Å². The Kier molecular flexibility index (Phi) is 6.20. The number of nitrogens with two attached hydrogens (primary N) is 1. The Morgan fingerprint density at radius 2 is 2.11 bits per heavy atom. The van der Waals surface area contributed by atoms with Crippen molar-refractivity contribution in [2.45, 2.75) is 24.7 Å². The van der Waals surface area contributed by atoms with Crippen LogP contribution in [0, 0.1) is 5.82 Å². The number of hydrogen-bond acceptors (Lipinski definition) is 4. The van der Waals surface area contributed by atoms with Crippen molar-refractivity contribution < 1.29 is 17.5 Å². The lowest BCUT2D eigenvalue weighted by Gasteiger charge is -2.08. The first-order chi connectivity index (χ1) is 8.97. The molecule has 0 aliphatic rings. The van der Waals surface area contributed by atoms with Crippen molar-refractivity contribution in [2.75, 3.05) is 25.5 Å². The fourth-order valence-electron chi connectivity index (χ4n) is 1.40. The maximum absolute atomic E-state index is 13.4. The maximum Gasteiger partial charge on any atom is 0.243 e. The first kappa shape index (κ1) is 15.9. The van der Waals surface area contributed by atoms with E-state index in [-0.39, 0.29) is 18.8 Å². The van der Waals surface area contributed by atoms with E-state index in [2.05, 4.69) is 4.72 Å². The predicted molar refractivity (Wildman–Crippen MR) is 71.7 cm³/mol. The van der Waals surface area contributed by atoms with Gasteiger partial charge in [0.25, 0.3) is 0 Å². The van der Waals surface area contributed by atoms with E-state index in [1.165, 1.54) is 6.07 Å². The Balaban J connectivity index is 2.54. The number of unbranched alkanes of at least 4 members (excludes halogenated alkanes) is 1. The molecule has 0 aliphatic heterocycles. The normalized spacial score (nSPS) is 11.7. The SMILES string of the molecule is CCCCOCCNS(=O)(=O)c1cc(N)ccc1F. The zero-order valence-electron chi connectivity index (χ0n) is 10.9. The Morgan fingerprint density at radius 1 is 1.37 bits per heavy atom. The summed E-state index contributed by atoms with van der Waals surface area (Å²) in [7, 11) is -3.89. The highest BCUT2D eigenvalue weighted by Crippen LogP contribution is 2.17. The molecule has 0 bridgehead atoms. The van der Waals surface area contributed by atoms with E-state index in [1.807, 2.05) is 6.92 Å². The highest BCUT2D eigenvalue weighted by atomic mass is 32.2. The highest BCUT2D eigenvalue weighted by Gasteiger charge is 2.18. The second kappa shape index (κ2) is 7.42. The van der Waals surface area contributed by atoms with Gasteiger partial charge in [-0.2, -0.15) is 0 Å². The summed E-state index contributed by atoms with van der Waals surface area (Å²) in [6, 6.07) is 3.43. The number of nitrogen functional groups attached to an aromatic ring is 1. The lowest BCUT2D eigenvalue weighted by molar-refractivity contribution is 0.136. The van der Waals surface area contributed by atoms with Crippen LogP contribution >= 0.6 is 0 Å². The molecule has 0 radical (unpaired) electrons. The minimum Gasteiger partial charge on any atom is -0.399 e. The number of anilines is 1. The summed E-state index contributed by atoms with van der Waals surface area (Å²) in [5, 5.41) is 0. The molecule has 3 N–H and O–H groups in total. The van der Waals surface area contributed by atoms with Gasteiger partial charge >= 0.3 is 0 Å². The quantitative estimate of drug-likeness (QED) is 0.561. The molecule has 0 amide bonds. The molecule has 5 nitrogen and oxygen atoms in total. The monoisotopic (exact) mass is 290 g/mol. The van der Waals surface area contributed by atoms with Crippen molar-refractivity contribution in [3.05, 3.63) is 24.0 Å². The molecule has 0 heterocycles. The van der Waals surface area contributed by atoms with Gasteiger partial charge in [0.2, 0.25) is 10.0 Å². The molecule has 0 aromatic heterocycles. The Labute approximate surface area is 113 Å². The third-order valence-corrected chi connectivity index (χ3v) is 3.90. The molecule has 0 atom stereocenters. The van der Waals surface area contributed by atoms with Gasteiger partial charge < -0.3 is 10.5 Å². The Morgan fingerprint density at radius 3 is 2.79 bits per heavy atom. The summed E-state index contributed by atoms with van der Waals surface area (Å²) in [5.41, 5.74) is 5.65. The fourth-order valence-corrected chi connectivity index (χ4v) is 2.52. The molecule has 1 aromatic rings. The van der Waals surface area contributed by atoms with Crippen molar-refractivity contribution in [3.8, 4) is 0 Å². The van der Waals surface area contributed by atoms with Gasteiger partial charge in [0.05, 0.1) is 6.61 Å². The van der Waals surface area contributed by atoms with Crippen molar-refractivity contribution in [2.24, 2.45) is 0 Å². The van der Waals surface area contributed by atoms with Gasteiger partial charge in [-0.1, -0.05) is 13.3 Å². The molecule has 19 heavy (non-hydrogen) atoms. The van der Waals surface area contributed by atoms with Gasteiger partial charge in [0.15, 0.2) is 0 Å². The van der Waals surface area contributed by atoms with Gasteiger partial charge in [0.1, 0.15) is 10.7 Å². The van der Waals surface area contributed by atoms with Crippen LogP contribution in [0.25, 0.3) is 0 Å². The predicted octanol–water partition coefficient (Wildman–Crippen LogP) is 1.50. The van der Waals surface area contributed by atoms with Crippen LogP contribution in [0.2, 0.25) is 0 Å². The van der Waals surface area contributed by atoms with E-state index in [1.54, 1.807) is 0 Å². The number of rotatable bonds is 8. The van der Waals surface area contributed by atoms with Crippen molar-refractivity contribution in [3.63, 3.8) is 0 Å². The number of nitrogens with one attached hydrogen (secondary N) is 1. The largest absolute Gasteiger partial charge is 0.399 e. The van der Waals surface area contributed by atoms with E-state index < -0.39 is 20.7 Å². The molecule has 0 fully saturated rings. The number of hydrogen-bond donors (Lipinski definition) is 2. The maximum atomic E-state index is 13.4. The zero-order chi connectivity index (χ0) is 14.3. The van der Waals surface area contributed by atoms with Crippen LogP contribution in [-0.4, -0.2) is 28.2 Å². The van der Waals surface area contributed by atoms with Crippen LogP contribution in [0.3, 0.4) is 0 Å². The Bertz CT molecular complexity index is 506. The molecule has 0 spiro atoms. The number of ether oxygens (including phenoxy) is 1. The molecule has 0 saturated carbocycles. The third kappa shape index (κ3) is 5.14. The second-order valence-electron chi connectivity index (χ2n) is 4.05. The first-order valence-electron chi connectivity index (χ1n) is 6.10. The minimum atomic E-state index is -3.89. The van der Waals surface area contributed by atoms with E-state index in [0.717, 1.165) is 25.0 Å². The molecule has 0 saturated heterocycles. The number of sulfonamides is 1. The Hall–Kier alpha value is -1.18. The summed E-state index contributed by atoms with van der Waals surface area (Å²) in [6.07, 6.45) is 1.94. The third-order valence-electron chi connectivity index (χ3n) is 2.43. The number of halogens is 1. The van der Waals surface area contributed by atoms with Crippen molar-refractivity contribution in [1.82, 2.24) is 4.72 Å². The van der Waals surface area contributed by atoms with Gasteiger partial charge in [-0.3, -0.25) is 0 Å². The molecular weight excluding hydrogens is 271 g/mol. The van der Waals surface area contributed by atoms with Gasteiger partial charge in [0, 0.05) is 18.8 Å². The van der Waals surface area contributed by atoms with Crippen molar-refractivity contribution >= 4 is 15.7 Å². The number of benzene rings is 1. The smallest absolute Gasteiger partial charge is 0.243 e. The minimum absolute atomic E-state index is 0.0975. The zero-order valence-corrected chi connectivity index (χ0v) is 11.7. The average molecular weight is 290 g/mol. The van der Waals surface area contributed by atoms with E-state index in [4.69, 9.17) is 10.5 Å². The molecule has 0 unspecified atom stereocenters. The second-order valence-corrected chi connectivity index (χ2v) is 5.79. The molecule has 0 aliphatic carbocycles. The van der Waals surface area contributed by atoms with Crippen molar-refractivity contribution in [1.29, 1.82) is 0 Å². The van der Waals surface area contributed by atoms with Crippen LogP contribution in [0.4, 0.5) is 10.1 Å². The van der Waals surface area contributed by atoms with Gasteiger partial charge in [-0.15, -0.1) is 0 Å². The summed E-state index contributed by atoms with van der Waals surface area (Å²) in [5.74, 6) is -0.825. The summed E-state index contributed by atoms with van der Waals surface area (Å²) in [4.78, 5) is -0.443. The van der Waals surface area contributed by atoms with Crippen LogP contribution in [0.1, 0.15) is 19.8 Å². The molecule has 1 rings (SSSR count). The lowest BCUT2D eigenvalue weighted by Crippen LogP contribution is -2.28. The van der Waals surface area contributed by atoms with Crippen LogP contribution in [-0.2, 0) is 14.8 Å². The topological polar surface area (TPSA) is 81.4 Å². The summed E-state index contributed by atoms with van der Waals surface area (Å²) in [6.45, 7) is 2.98. The lowest BCUT2D eigenvalue weighted by atomic mass is 10.3. The van der Waals surface area contributed by atoms with Gasteiger partial charge in [-0.05, 0) is 24.6 Å². The summed E-state index contributed by atoms with van der Waals surface area (Å²) < 4.78 is 44.6. The van der Waals surface area contributed by atoms with E-state index in [9.17, 15) is 12.8 Å². The molecule has 7 heteroatoms. The standard InChI is InChI=1S/C12H19FN2O3S/c1-2-3-7-18-8-6-15-19(16,17)12-9-10(14)4-5-11(12)13/h4-5,9,15H,2-3,6-8,14H2,1H3. The van der Waals surface area contributed by atoms with Crippen LogP contribution in [0.15, 0.2) is 23.1 Å².